The molecule has 1 aromatic heterocycles. The van der Waals surface area contributed by atoms with Gasteiger partial charge < -0.3 is 15.0 Å². The second-order valence-corrected chi connectivity index (χ2v) is 7.83. The van der Waals surface area contributed by atoms with Crippen molar-refractivity contribution in [1.82, 2.24) is 0 Å². The van der Waals surface area contributed by atoms with E-state index in [4.69, 9.17) is 4.74 Å². The van der Waals surface area contributed by atoms with Crippen molar-refractivity contribution in [1.29, 1.82) is 0 Å². The minimum Gasteiger partial charge on any atom is -0.378 e. The number of amides is 1. The molecule has 2 aromatic carbocycles. The van der Waals surface area contributed by atoms with E-state index in [0.29, 0.717) is 43.1 Å². The lowest BCUT2D eigenvalue weighted by molar-refractivity contribution is -0.684. The molecule has 9 heteroatoms. The molecule has 1 N–H and O–H groups in total. The number of nitrogens with zero attached hydrogens (tertiary/aromatic N) is 2. The van der Waals surface area contributed by atoms with Crippen molar-refractivity contribution < 1.29 is 32.1 Å². The number of anilines is 2. The number of aromatic nitrogens is 1. The predicted octanol–water partition coefficient (Wildman–Crippen LogP) is 3.70. The predicted molar refractivity (Wildman–Crippen MR) is 120 cm³/mol. The first-order valence-electron chi connectivity index (χ1n) is 10.7. The summed E-state index contributed by atoms with van der Waals surface area (Å²) >= 11 is 0. The van der Waals surface area contributed by atoms with Gasteiger partial charge in [-0.1, -0.05) is 30.3 Å². The van der Waals surface area contributed by atoms with Gasteiger partial charge in [0.1, 0.15) is 0 Å². The van der Waals surface area contributed by atoms with Gasteiger partial charge in [-0.3, -0.25) is 9.59 Å². The Bertz CT molecular complexity index is 1160. The molecule has 0 saturated carbocycles. The van der Waals surface area contributed by atoms with E-state index >= 15 is 0 Å². The van der Waals surface area contributed by atoms with Crippen LogP contribution in [-0.2, 0) is 22.3 Å². The lowest BCUT2D eigenvalue weighted by Crippen LogP contribution is -2.40. The van der Waals surface area contributed by atoms with E-state index < -0.39 is 17.6 Å². The van der Waals surface area contributed by atoms with Crippen LogP contribution in [0.25, 0.3) is 0 Å². The summed E-state index contributed by atoms with van der Waals surface area (Å²) in [6.07, 6.45) is -1.35. The van der Waals surface area contributed by atoms with Gasteiger partial charge in [0.05, 0.1) is 30.2 Å². The quantitative estimate of drug-likeness (QED) is 0.441. The van der Waals surface area contributed by atoms with E-state index in [0.717, 1.165) is 12.1 Å². The van der Waals surface area contributed by atoms with Crippen LogP contribution in [0.4, 0.5) is 24.5 Å². The molecule has 0 aliphatic carbocycles. The Morgan fingerprint density at radius 3 is 2.24 bits per heavy atom. The molecule has 0 spiro atoms. The normalized spacial score (nSPS) is 14.0. The Kier molecular flexibility index (Phi) is 6.93. The number of ketones is 1. The molecule has 0 radical (unpaired) electrons. The number of ether oxygens (including phenoxy) is 1. The summed E-state index contributed by atoms with van der Waals surface area (Å²) < 4.78 is 46.7. The Morgan fingerprint density at radius 1 is 0.941 bits per heavy atom. The third-order valence-electron chi connectivity index (χ3n) is 5.47. The number of carbonyl (C=O) groups excluding carboxylic acids is 2. The summed E-state index contributed by atoms with van der Waals surface area (Å²) in [5.41, 5.74) is 0.793. The molecule has 34 heavy (non-hydrogen) atoms. The molecule has 0 unspecified atom stereocenters. The number of hydrogen-bond acceptors (Lipinski definition) is 4. The van der Waals surface area contributed by atoms with Gasteiger partial charge in [-0.15, -0.1) is 0 Å². The first-order chi connectivity index (χ1) is 16.3. The molecule has 1 aliphatic rings. The van der Waals surface area contributed by atoms with Crippen molar-refractivity contribution in [2.75, 3.05) is 36.5 Å². The summed E-state index contributed by atoms with van der Waals surface area (Å²) in [7, 11) is 0. The Morgan fingerprint density at radius 2 is 1.59 bits per heavy atom. The van der Waals surface area contributed by atoms with Crippen molar-refractivity contribution in [3.8, 4) is 0 Å². The highest BCUT2D eigenvalue weighted by molar-refractivity contribution is 6.08. The van der Waals surface area contributed by atoms with E-state index in [2.05, 4.69) is 5.32 Å². The molecule has 4 rings (SSSR count). The van der Waals surface area contributed by atoms with E-state index in [1.54, 1.807) is 53.4 Å². The smallest absolute Gasteiger partial charge is 0.378 e. The topological polar surface area (TPSA) is 62.5 Å². The van der Waals surface area contributed by atoms with Crippen molar-refractivity contribution in [3.05, 3.63) is 89.7 Å². The number of rotatable bonds is 6. The van der Waals surface area contributed by atoms with Gasteiger partial charge in [-0.25, -0.2) is 0 Å². The van der Waals surface area contributed by atoms with Gasteiger partial charge in [-0.05, 0) is 18.2 Å². The lowest BCUT2D eigenvalue weighted by Gasteiger charge is -2.30. The minimum absolute atomic E-state index is 0.0956. The van der Waals surface area contributed by atoms with Gasteiger partial charge >= 0.3 is 6.18 Å². The monoisotopic (exact) mass is 470 g/mol. The fraction of sp³-hybridized carbons (Fsp3) is 0.240. The second-order valence-electron chi connectivity index (χ2n) is 7.83. The maximum Gasteiger partial charge on any atom is 0.416 e. The zero-order chi connectivity index (χ0) is 24.1. The van der Waals surface area contributed by atoms with Crippen LogP contribution in [0.1, 0.15) is 21.5 Å². The van der Waals surface area contributed by atoms with E-state index in [1.807, 2.05) is 11.0 Å². The molecule has 176 valence electrons. The molecule has 3 aromatic rings. The van der Waals surface area contributed by atoms with Crippen LogP contribution in [0.5, 0.6) is 0 Å². The Balaban J connectivity index is 1.49. The zero-order valence-corrected chi connectivity index (χ0v) is 18.2. The van der Waals surface area contributed by atoms with Crippen LogP contribution >= 0.6 is 0 Å². The van der Waals surface area contributed by atoms with Gasteiger partial charge in [0, 0.05) is 36.3 Å². The lowest BCUT2D eigenvalue weighted by atomic mass is 10.0. The number of pyridine rings is 1. The molecule has 0 atom stereocenters. The van der Waals surface area contributed by atoms with Crippen molar-refractivity contribution in [2.24, 2.45) is 0 Å². The summed E-state index contributed by atoms with van der Waals surface area (Å²) in [4.78, 5) is 27.1. The molecule has 1 fully saturated rings. The van der Waals surface area contributed by atoms with Gasteiger partial charge in [0.15, 0.2) is 18.2 Å². The van der Waals surface area contributed by atoms with Crippen LogP contribution in [-0.4, -0.2) is 38.0 Å². The van der Waals surface area contributed by atoms with Crippen LogP contribution in [0.3, 0.4) is 0 Å². The molecule has 6 nitrogen and oxygen atoms in total. The number of halogens is 3. The number of carbonyl (C=O) groups is 2. The standard InChI is InChI=1S/C25H22F3N3O3/c26-25(27,28)20-6-7-22(31-12-14-34-15-13-31)21(16-20)29-23(32)17-30-10-8-19(9-11-30)24(33)18-4-2-1-3-5-18/h1-11,16H,12-15,17H2/p+1. The van der Waals surface area contributed by atoms with E-state index in [-0.39, 0.29) is 18.0 Å². The minimum atomic E-state index is -4.53. The van der Waals surface area contributed by atoms with Gasteiger partial charge in [0.2, 0.25) is 6.54 Å². The van der Waals surface area contributed by atoms with Crippen LogP contribution in [0.2, 0.25) is 0 Å². The van der Waals surface area contributed by atoms with E-state index in [9.17, 15) is 22.8 Å². The van der Waals surface area contributed by atoms with Gasteiger partial charge in [0.25, 0.3) is 5.91 Å². The third kappa shape index (κ3) is 5.60. The summed E-state index contributed by atoms with van der Waals surface area (Å²) in [5, 5.41) is 2.62. The van der Waals surface area contributed by atoms with Crippen LogP contribution in [0, 0.1) is 0 Å². The SMILES string of the molecule is O=C(C[n+]1ccc(C(=O)c2ccccc2)cc1)Nc1cc(C(F)(F)F)ccc1N1CCOCC1. The maximum atomic E-state index is 13.3. The number of hydrogen-bond donors (Lipinski definition) is 1. The molecule has 0 bridgehead atoms. The first-order valence-corrected chi connectivity index (χ1v) is 10.7. The number of benzene rings is 2. The zero-order valence-electron chi connectivity index (χ0n) is 18.2. The number of morpholine rings is 1. The molecule has 1 aliphatic heterocycles. The first kappa shape index (κ1) is 23.4. The fourth-order valence-corrected chi connectivity index (χ4v) is 3.72. The average molecular weight is 470 g/mol. The molecule has 2 heterocycles. The fourth-order valence-electron chi connectivity index (χ4n) is 3.72. The van der Waals surface area contributed by atoms with Crippen molar-refractivity contribution in [3.63, 3.8) is 0 Å². The summed E-state index contributed by atoms with van der Waals surface area (Å²) in [6, 6.07) is 15.4. The second kappa shape index (κ2) is 10.0. The highest BCUT2D eigenvalue weighted by atomic mass is 19.4. The highest BCUT2D eigenvalue weighted by Gasteiger charge is 2.32. The molecular formula is C25H23F3N3O3+. The summed E-state index contributed by atoms with van der Waals surface area (Å²) in [6.45, 7) is 1.81. The molecular weight excluding hydrogens is 447 g/mol. The molecule has 1 saturated heterocycles. The average Bonchev–Trinajstić information content (AvgIpc) is 2.84. The highest BCUT2D eigenvalue weighted by Crippen LogP contribution is 2.35. The van der Waals surface area contributed by atoms with E-state index in [1.165, 1.54) is 6.07 Å². The molecule has 1 amide bonds. The van der Waals surface area contributed by atoms with Crippen molar-refractivity contribution >= 4 is 23.1 Å². The Labute approximate surface area is 194 Å². The van der Waals surface area contributed by atoms with Gasteiger partial charge in [-0.2, -0.15) is 17.7 Å². The largest absolute Gasteiger partial charge is 0.416 e. The summed E-state index contributed by atoms with van der Waals surface area (Å²) in [5.74, 6) is -0.628. The van der Waals surface area contributed by atoms with Crippen LogP contribution in [0.15, 0.2) is 73.1 Å². The number of nitrogens with one attached hydrogen (secondary N) is 1. The Hall–Kier alpha value is -3.72. The maximum absolute atomic E-state index is 13.3. The third-order valence-corrected chi connectivity index (χ3v) is 5.47. The van der Waals surface area contributed by atoms with Crippen molar-refractivity contribution in [2.45, 2.75) is 12.7 Å². The number of alkyl halides is 3. The van der Waals surface area contributed by atoms with Crippen LogP contribution < -0.4 is 14.8 Å².